The van der Waals surface area contributed by atoms with Crippen molar-refractivity contribution in [2.45, 2.75) is 47.1 Å². The number of benzene rings is 1. The average molecular weight is 282 g/mol. The van der Waals surface area contributed by atoms with Gasteiger partial charge in [0.25, 0.3) is 0 Å². The maximum absolute atomic E-state index is 4.59. The Morgan fingerprint density at radius 2 is 1.86 bits per heavy atom. The Hall–Kier alpha value is -1.67. The zero-order valence-corrected chi connectivity index (χ0v) is 13.8. The Bertz CT molecular complexity index is 594. The minimum Gasteiger partial charge on any atom is -0.310 e. The average Bonchev–Trinajstić information content (AvgIpc) is 2.37. The van der Waals surface area contributed by atoms with Crippen LogP contribution in [0, 0.1) is 27.7 Å². The molecular formula is C19H26N2. The Labute approximate surface area is 128 Å². The first-order chi connectivity index (χ1) is 9.97. The second kappa shape index (κ2) is 6.86. The van der Waals surface area contributed by atoms with Crippen molar-refractivity contribution in [1.82, 2.24) is 10.3 Å². The van der Waals surface area contributed by atoms with Gasteiger partial charge in [-0.2, -0.15) is 0 Å². The minimum atomic E-state index is 0.336. The molecule has 0 saturated carbocycles. The fraction of sp³-hybridized carbons (Fsp3) is 0.421. The van der Waals surface area contributed by atoms with Crippen LogP contribution in [-0.4, -0.2) is 11.5 Å². The number of hydrogen-bond acceptors (Lipinski definition) is 2. The van der Waals surface area contributed by atoms with E-state index in [1.165, 1.54) is 22.3 Å². The normalized spacial score (nSPS) is 12.4. The summed E-state index contributed by atoms with van der Waals surface area (Å²) in [5.74, 6) is 0. The quantitative estimate of drug-likeness (QED) is 0.888. The standard InChI is InChI=1S/C19H26N2/c1-13-7-6-8-18(11-13)9-10-20-16(4)19-14(2)12-15(3)21-17(19)5/h6-8,11-12,16,20H,9-10H2,1-5H3. The number of aryl methyl sites for hydroxylation is 4. The molecule has 2 heteroatoms. The monoisotopic (exact) mass is 282 g/mol. The van der Waals surface area contributed by atoms with Crippen LogP contribution in [0.3, 0.4) is 0 Å². The molecule has 1 aromatic carbocycles. The van der Waals surface area contributed by atoms with Crippen molar-refractivity contribution in [2.75, 3.05) is 6.54 Å². The number of nitrogens with one attached hydrogen (secondary N) is 1. The molecule has 0 fully saturated rings. The highest BCUT2D eigenvalue weighted by Gasteiger charge is 2.12. The summed E-state index contributed by atoms with van der Waals surface area (Å²) in [6.45, 7) is 11.7. The van der Waals surface area contributed by atoms with E-state index in [0.29, 0.717) is 6.04 Å². The molecule has 0 saturated heterocycles. The highest BCUT2D eigenvalue weighted by atomic mass is 14.9. The van der Waals surface area contributed by atoms with Crippen LogP contribution >= 0.6 is 0 Å². The predicted octanol–water partition coefficient (Wildman–Crippen LogP) is 4.21. The number of pyridine rings is 1. The Morgan fingerprint density at radius 1 is 1.10 bits per heavy atom. The molecule has 0 spiro atoms. The molecule has 2 nitrogen and oxygen atoms in total. The van der Waals surface area contributed by atoms with Crippen molar-refractivity contribution in [2.24, 2.45) is 0 Å². The summed E-state index contributed by atoms with van der Waals surface area (Å²) in [6, 6.07) is 11.2. The summed E-state index contributed by atoms with van der Waals surface area (Å²) in [5, 5.41) is 3.63. The van der Waals surface area contributed by atoms with E-state index in [1.54, 1.807) is 0 Å². The topological polar surface area (TPSA) is 24.9 Å². The van der Waals surface area contributed by atoms with E-state index in [1.807, 2.05) is 0 Å². The summed E-state index contributed by atoms with van der Waals surface area (Å²) in [6.07, 6.45) is 1.06. The number of aromatic nitrogens is 1. The van der Waals surface area contributed by atoms with E-state index in [0.717, 1.165) is 24.4 Å². The molecule has 21 heavy (non-hydrogen) atoms. The maximum Gasteiger partial charge on any atom is 0.0426 e. The van der Waals surface area contributed by atoms with E-state index >= 15 is 0 Å². The van der Waals surface area contributed by atoms with Gasteiger partial charge in [0, 0.05) is 17.4 Å². The fourth-order valence-corrected chi connectivity index (χ4v) is 3.09. The van der Waals surface area contributed by atoms with Gasteiger partial charge in [-0.15, -0.1) is 0 Å². The van der Waals surface area contributed by atoms with Crippen LogP contribution in [0.2, 0.25) is 0 Å². The van der Waals surface area contributed by atoms with Gasteiger partial charge in [0.2, 0.25) is 0 Å². The van der Waals surface area contributed by atoms with Crippen LogP contribution in [0.15, 0.2) is 30.3 Å². The molecule has 1 atom stereocenters. The molecule has 1 unspecified atom stereocenters. The van der Waals surface area contributed by atoms with Crippen molar-refractivity contribution in [3.63, 3.8) is 0 Å². The molecule has 1 heterocycles. The summed E-state index contributed by atoms with van der Waals surface area (Å²) in [4.78, 5) is 4.59. The lowest BCUT2D eigenvalue weighted by Crippen LogP contribution is -2.23. The van der Waals surface area contributed by atoms with Gasteiger partial charge in [-0.3, -0.25) is 4.98 Å². The van der Waals surface area contributed by atoms with Gasteiger partial charge in [-0.05, 0) is 70.3 Å². The van der Waals surface area contributed by atoms with Gasteiger partial charge < -0.3 is 5.32 Å². The molecule has 0 radical (unpaired) electrons. The lowest BCUT2D eigenvalue weighted by Gasteiger charge is -2.19. The molecule has 0 bridgehead atoms. The predicted molar refractivity (Wildman–Crippen MR) is 89.7 cm³/mol. The Morgan fingerprint density at radius 3 is 2.52 bits per heavy atom. The summed E-state index contributed by atoms with van der Waals surface area (Å²) < 4.78 is 0. The van der Waals surface area contributed by atoms with Gasteiger partial charge in [0.1, 0.15) is 0 Å². The first-order valence-corrected chi connectivity index (χ1v) is 7.71. The van der Waals surface area contributed by atoms with E-state index in [9.17, 15) is 0 Å². The van der Waals surface area contributed by atoms with E-state index < -0.39 is 0 Å². The van der Waals surface area contributed by atoms with Crippen LogP contribution in [-0.2, 0) is 6.42 Å². The van der Waals surface area contributed by atoms with Gasteiger partial charge >= 0.3 is 0 Å². The second-order valence-corrected chi connectivity index (χ2v) is 5.99. The highest BCUT2D eigenvalue weighted by Crippen LogP contribution is 2.21. The van der Waals surface area contributed by atoms with Crippen LogP contribution in [0.5, 0.6) is 0 Å². The molecule has 1 aromatic heterocycles. The van der Waals surface area contributed by atoms with Crippen molar-refractivity contribution in [3.05, 3.63) is 64.0 Å². The van der Waals surface area contributed by atoms with E-state index in [4.69, 9.17) is 0 Å². The third-order valence-corrected chi connectivity index (χ3v) is 3.96. The smallest absolute Gasteiger partial charge is 0.0426 e. The van der Waals surface area contributed by atoms with Crippen LogP contribution in [0.1, 0.15) is 46.6 Å². The third-order valence-electron chi connectivity index (χ3n) is 3.96. The molecule has 112 valence electrons. The summed E-state index contributed by atoms with van der Waals surface area (Å²) >= 11 is 0. The van der Waals surface area contributed by atoms with E-state index in [-0.39, 0.29) is 0 Å². The fourth-order valence-electron chi connectivity index (χ4n) is 3.09. The summed E-state index contributed by atoms with van der Waals surface area (Å²) in [5.41, 5.74) is 7.63. The van der Waals surface area contributed by atoms with Crippen molar-refractivity contribution < 1.29 is 0 Å². The van der Waals surface area contributed by atoms with Crippen LogP contribution in [0.4, 0.5) is 0 Å². The van der Waals surface area contributed by atoms with Crippen LogP contribution < -0.4 is 5.32 Å². The number of nitrogens with zero attached hydrogens (tertiary/aromatic N) is 1. The number of rotatable bonds is 5. The lowest BCUT2D eigenvalue weighted by molar-refractivity contribution is 0.569. The van der Waals surface area contributed by atoms with Crippen molar-refractivity contribution in [1.29, 1.82) is 0 Å². The first kappa shape index (κ1) is 15.7. The van der Waals surface area contributed by atoms with Gasteiger partial charge in [-0.25, -0.2) is 0 Å². The molecular weight excluding hydrogens is 256 g/mol. The van der Waals surface area contributed by atoms with Gasteiger partial charge in [0.05, 0.1) is 0 Å². The van der Waals surface area contributed by atoms with Crippen molar-refractivity contribution >= 4 is 0 Å². The molecule has 2 aromatic rings. The highest BCUT2D eigenvalue weighted by molar-refractivity contribution is 5.33. The summed E-state index contributed by atoms with van der Waals surface area (Å²) in [7, 11) is 0. The molecule has 0 aliphatic rings. The van der Waals surface area contributed by atoms with E-state index in [2.05, 4.69) is 75.3 Å². The maximum atomic E-state index is 4.59. The zero-order chi connectivity index (χ0) is 15.4. The zero-order valence-electron chi connectivity index (χ0n) is 13.8. The lowest BCUT2D eigenvalue weighted by atomic mass is 10.00. The van der Waals surface area contributed by atoms with Crippen molar-refractivity contribution in [3.8, 4) is 0 Å². The Kier molecular flexibility index (Phi) is 5.13. The van der Waals surface area contributed by atoms with Crippen LogP contribution in [0.25, 0.3) is 0 Å². The third kappa shape index (κ3) is 4.15. The molecule has 0 aliphatic carbocycles. The van der Waals surface area contributed by atoms with Gasteiger partial charge in [0.15, 0.2) is 0 Å². The van der Waals surface area contributed by atoms with Gasteiger partial charge in [-0.1, -0.05) is 29.8 Å². The SMILES string of the molecule is Cc1cccc(CCNC(C)c2c(C)cc(C)nc2C)c1. The largest absolute Gasteiger partial charge is 0.310 e. The molecule has 2 rings (SSSR count). The Balaban J connectivity index is 1.98. The molecule has 0 aliphatic heterocycles. The number of hydrogen-bond donors (Lipinski definition) is 1. The second-order valence-electron chi connectivity index (χ2n) is 5.99. The molecule has 1 N–H and O–H groups in total. The minimum absolute atomic E-state index is 0.336. The molecule has 0 amide bonds. The first-order valence-electron chi connectivity index (χ1n) is 7.71.